The number of rotatable bonds is 7. The number of nitriles is 1. The minimum Gasteiger partial charge on any atom is -0.309 e. The molecular formula is C61H35F3N6. The minimum absolute atomic E-state index is 0.152. The average molecular weight is 909 g/mol. The number of aromatic nitrogens is 4. The molecule has 0 aliphatic heterocycles. The lowest BCUT2D eigenvalue weighted by Crippen LogP contribution is -2.11. The van der Waals surface area contributed by atoms with Crippen molar-refractivity contribution in [1.82, 2.24) is 19.1 Å². The Morgan fingerprint density at radius 1 is 0.443 bits per heavy atom. The molecule has 4 aromatic heterocycles. The highest BCUT2D eigenvalue weighted by atomic mass is 19.4. The van der Waals surface area contributed by atoms with E-state index >= 15 is 13.2 Å². The molecule has 0 radical (unpaired) electrons. The number of hydrogen-bond donors (Lipinski definition) is 0. The van der Waals surface area contributed by atoms with Crippen LogP contribution in [0.5, 0.6) is 0 Å². The van der Waals surface area contributed by atoms with E-state index in [1.807, 2.05) is 167 Å². The smallest absolute Gasteiger partial charge is 0.309 e. The maximum absolute atomic E-state index is 15.7. The molecule has 6 nitrogen and oxygen atoms in total. The predicted octanol–water partition coefficient (Wildman–Crippen LogP) is 16.4. The van der Waals surface area contributed by atoms with Gasteiger partial charge in [0.05, 0.1) is 68.6 Å². The van der Waals surface area contributed by atoms with Gasteiger partial charge in [-0.25, -0.2) is 4.85 Å². The molecule has 0 bridgehead atoms. The molecule has 0 fully saturated rings. The second-order valence-electron chi connectivity index (χ2n) is 17.1. The number of nitrogens with zero attached hydrogens (tertiary/aromatic N) is 6. The number of hydrogen-bond acceptors (Lipinski definition) is 3. The normalized spacial score (nSPS) is 11.6. The molecule has 0 unspecified atom stereocenters. The summed E-state index contributed by atoms with van der Waals surface area (Å²) in [4.78, 5) is 13.1. The van der Waals surface area contributed by atoms with Gasteiger partial charge in [-0.3, -0.25) is 9.97 Å². The van der Waals surface area contributed by atoms with E-state index in [2.05, 4.69) is 33.0 Å². The third-order valence-corrected chi connectivity index (χ3v) is 13.1. The highest BCUT2D eigenvalue weighted by Gasteiger charge is 2.37. The van der Waals surface area contributed by atoms with Crippen LogP contribution >= 0.6 is 0 Å². The Labute approximate surface area is 399 Å². The Hall–Kier alpha value is -9.57. The first-order valence-corrected chi connectivity index (χ1v) is 22.5. The van der Waals surface area contributed by atoms with Gasteiger partial charge < -0.3 is 9.13 Å². The molecule has 4 heterocycles. The lowest BCUT2D eigenvalue weighted by Gasteiger charge is -2.24. The second-order valence-corrected chi connectivity index (χ2v) is 17.1. The predicted molar refractivity (Wildman–Crippen MR) is 274 cm³/mol. The summed E-state index contributed by atoms with van der Waals surface area (Å²) in [6.45, 7) is 8.36. The van der Waals surface area contributed by atoms with Crippen LogP contribution in [0.25, 0.3) is 116 Å². The van der Waals surface area contributed by atoms with Crippen LogP contribution in [0, 0.1) is 17.9 Å². The fourth-order valence-corrected chi connectivity index (χ4v) is 10.00. The van der Waals surface area contributed by atoms with E-state index in [1.165, 1.54) is 12.1 Å². The fraction of sp³-hybridized carbons (Fsp3) is 0.0164. The van der Waals surface area contributed by atoms with Crippen molar-refractivity contribution in [2.75, 3.05) is 0 Å². The third-order valence-electron chi connectivity index (χ3n) is 13.1. The molecule has 0 saturated heterocycles. The molecule has 0 amide bonds. The van der Waals surface area contributed by atoms with Crippen LogP contribution in [0.1, 0.15) is 11.1 Å². The van der Waals surface area contributed by atoms with E-state index in [1.54, 1.807) is 24.5 Å². The maximum Gasteiger partial charge on any atom is 0.415 e. The Morgan fingerprint density at radius 3 is 1.37 bits per heavy atom. The van der Waals surface area contributed by atoms with Crippen LogP contribution in [0.3, 0.4) is 0 Å². The lowest BCUT2D eigenvalue weighted by molar-refractivity contribution is -0.137. The molecule has 0 atom stereocenters. The van der Waals surface area contributed by atoms with Crippen LogP contribution in [0.15, 0.2) is 213 Å². The molecule has 0 aliphatic rings. The first-order valence-electron chi connectivity index (χ1n) is 22.5. The van der Waals surface area contributed by atoms with Crippen LogP contribution < -0.4 is 0 Å². The SMILES string of the molecule is [C-]#[N+]c1cccc(C(F)(F)F)c1-c1c(-n2c3ccccc3c3cc(-c4ccnc(-c5ccccc5)c4)ccc32)cc(C#N)cc1-n1c2ccccc2c2cc(-c3ccnc(-c4ccccc4)c3)ccc21. The van der Waals surface area contributed by atoms with Crippen molar-refractivity contribution in [2.24, 2.45) is 0 Å². The quantitative estimate of drug-likeness (QED) is 0.150. The van der Waals surface area contributed by atoms with Crippen molar-refractivity contribution < 1.29 is 13.2 Å². The third kappa shape index (κ3) is 6.96. The number of benzene rings is 8. The van der Waals surface area contributed by atoms with Crippen LogP contribution in [0.4, 0.5) is 18.9 Å². The van der Waals surface area contributed by atoms with Crippen LogP contribution in [-0.4, -0.2) is 19.1 Å². The Morgan fingerprint density at radius 2 is 0.900 bits per heavy atom. The van der Waals surface area contributed by atoms with E-state index < -0.39 is 11.7 Å². The van der Waals surface area contributed by atoms with E-state index in [-0.39, 0.29) is 22.4 Å². The molecule has 0 saturated carbocycles. The van der Waals surface area contributed by atoms with Gasteiger partial charge in [0.15, 0.2) is 5.69 Å². The van der Waals surface area contributed by atoms with Gasteiger partial charge in [0.25, 0.3) is 0 Å². The summed E-state index contributed by atoms with van der Waals surface area (Å²) in [5.41, 5.74) is 9.77. The van der Waals surface area contributed by atoms with E-state index in [0.29, 0.717) is 33.4 Å². The lowest BCUT2D eigenvalue weighted by atomic mass is 9.92. The van der Waals surface area contributed by atoms with Gasteiger partial charge in [-0.2, -0.15) is 18.4 Å². The summed E-state index contributed by atoms with van der Waals surface area (Å²) >= 11 is 0. The Balaban J connectivity index is 1.15. The molecule has 0 aliphatic carbocycles. The minimum atomic E-state index is -4.85. The standard InChI is InChI=1S/C61H35F3N6/c1-66-50-20-12-19-49(61(62,63)64)59(50)60-57(69-53-21-10-8-17-45(53)47-33-41(23-25-55(47)69)43-27-29-67-51(35-43)39-13-4-2-5-14-39)31-38(37-65)32-58(60)70-54-22-11-9-18-46(54)48-34-42(24-26-56(48)70)44-28-30-68-52(36-44)40-15-6-3-7-16-40/h2-36H. The van der Waals surface area contributed by atoms with Crippen molar-refractivity contribution in [2.45, 2.75) is 6.18 Å². The van der Waals surface area contributed by atoms with Crippen LogP contribution in [-0.2, 0) is 6.18 Å². The van der Waals surface area contributed by atoms with Crippen LogP contribution in [0.2, 0.25) is 0 Å². The van der Waals surface area contributed by atoms with Gasteiger partial charge in [-0.15, -0.1) is 0 Å². The molecule has 70 heavy (non-hydrogen) atoms. The summed E-state index contributed by atoms with van der Waals surface area (Å²) < 4.78 is 50.9. The Kier molecular flexibility index (Phi) is 9.94. The number of alkyl halides is 3. The van der Waals surface area contributed by atoms with Gasteiger partial charge in [0, 0.05) is 56.2 Å². The number of halogens is 3. The van der Waals surface area contributed by atoms with E-state index in [0.717, 1.165) is 72.4 Å². The average Bonchev–Trinajstić information content (AvgIpc) is 3.92. The summed E-state index contributed by atoms with van der Waals surface area (Å²) in [7, 11) is 0. The highest BCUT2D eigenvalue weighted by Crippen LogP contribution is 2.50. The zero-order chi connectivity index (χ0) is 47.5. The van der Waals surface area contributed by atoms with Gasteiger partial charge >= 0.3 is 6.18 Å². The van der Waals surface area contributed by atoms with Crippen molar-refractivity contribution in [3.63, 3.8) is 0 Å². The molecule has 12 rings (SSSR count). The second kappa shape index (κ2) is 16.6. The van der Waals surface area contributed by atoms with Gasteiger partial charge in [-0.05, 0) is 95.1 Å². The summed E-state index contributed by atoms with van der Waals surface area (Å²) in [5.74, 6) is 0. The van der Waals surface area contributed by atoms with Gasteiger partial charge in [0.1, 0.15) is 0 Å². The zero-order valence-electron chi connectivity index (χ0n) is 37.0. The zero-order valence-corrected chi connectivity index (χ0v) is 37.0. The first-order chi connectivity index (χ1) is 34.3. The maximum atomic E-state index is 15.7. The van der Waals surface area contributed by atoms with Crippen molar-refractivity contribution in [3.05, 3.63) is 235 Å². The molecule has 0 N–H and O–H groups in total. The largest absolute Gasteiger partial charge is 0.415 e. The topological polar surface area (TPSA) is 63.8 Å². The van der Waals surface area contributed by atoms with Gasteiger partial charge in [-0.1, -0.05) is 127 Å². The first kappa shape index (κ1) is 41.8. The summed E-state index contributed by atoms with van der Waals surface area (Å²) in [6.07, 6.45) is -1.28. The summed E-state index contributed by atoms with van der Waals surface area (Å²) in [5, 5.41) is 14.3. The van der Waals surface area contributed by atoms with Crippen molar-refractivity contribution >= 4 is 49.3 Å². The van der Waals surface area contributed by atoms with Gasteiger partial charge in [0.2, 0.25) is 0 Å². The van der Waals surface area contributed by atoms with E-state index in [4.69, 9.17) is 6.57 Å². The van der Waals surface area contributed by atoms with Crippen molar-refractivity contribution in [3.8, 4) is 73.3 Å². The molecule has 9 heteroatoms. The van der Waals surface area contributed by atoms with E-state index in [9.17, 15) is 5.26 Å². The van der Waals surface area contributed by atoms with Crippen molar-refractivity contribution in [1.29, 1.82) is 5.26 Å². The fourth-order valence-electron chi connectivity index (χ4n) is 10.00. The number of para-hydroxylation sites is 2. The summed E-state index contributed by atoms with van der Waals surface area (Å²) in [6, 6.07) is 65.0. The molecule has 330 valence electrons. The highest BCUT2D eigenvalue weighted by molar-refractivity contribution is 6.14. The molecule has 8 aromatic carbocycles. The Bertz CT molecular complexity index is 3920. The molecular weight excluding hydrogens is 874 g/mol. The monoisotopic (exact) mass is 908 g/mol. The number of pyridine rings is 2. The molecule has 0 spiro atoms. The molecule has 12 aromatic rings. The number of fused-ring (bicyclic) bond motifs is 6.